The van der Waals surface area contributed by atoms with Crippen molar-refractivity contribution < 1.29 is 0 Å². The molecule has 0 radical (unpaired) electrons. The molecular weight excluding hydrogens is 295 g/mol. The molecule has 0 saturated carbocycles. The van der Waals surface area contributed by atoms with Crippen LogP contribution in [-0.2, 0) is 0 Å². The van der Waals surface area contributed by atoms with E-state index in [0.717, 1.165) is 6.42 Å². The van der Waals surface area contributed by atoms with Crippen molar-refractivity contribution in [1.29, 1.82) is 0 Å². The van der Waals surface area contributed by atoms with Gasteiger partial charge in [0, 0.05) is 0 Å². The maximum absolute atomic E-state index is 4.47. The third-order valence-electron chi connectivity index (χ3n) is 4.16. The van der Waals surface area contributed by atoms with Crippen molar-refractivity contribution in [2.24, 2.45) is 0 Å². The zero-order valence-electron chi connectivity index (χ0n) is 14.4. The van der Waals surface area contributed by atoms with Gasteiger partial charge in [-0.15, -0.1) is 0 Å². The molecule has 2 rings (SSSR count). The third kappa shape index (κ3) is 5.96. The van der Waals surface area contributed by atoms with Crippen LogP contribution in [0.2, 0.25) is 0 Å². The number of rotatable bonds is 10. The van der Waals surface area contributed by atoms with Gasteiger partial charge in [0.15, 0.2) is 0 Å². The predicted molar refractivity (Wildman–Crippen MR) is 106 cm³/mol. The molecule has 0 saturated heterocycles. The van der Waals surface area contributed by atoms with Crippen LogP contribution in [0.25, 0.3) is 0 Å². The lowest BCUT2D eigenvalue weighted by Crippen LogP contribution is -2.12. The minimum atomic E-state index is -0.434. The lowest BCUT2D eigenvalue weighted by molar-refractivity contribution is 0.610. The predicted octanol–water partition coefficient (Wildman–Crippen LogP) is 6.38. The van der Waals surface area contributed by atoms with Crippen LogP contribution < -0.4 is 10.6 Å². The highest BCUT2D eigenvalue weighted by atomic mass is 31.1. The highest BCUT2D eigenvalue weighted by Gasteiger charge is 2.16. The van der Waals surface area contributed by atoms with Crippen LogP contribution in [0, 0.1) is 0 Å². The Labute approximate surface area is 143 Å². The van der Waals surface area contributed by atoms with E-state index in [0.29, 0.717) is 0 Å². The zero-order valence-corrected chi connectivity index (χ0v) is 15.3. The zero-order chi connectivity index (χ0) is 16.3. The number of allylic oxidation sites excluding steroid dienone is 1. The van der Waals surface area contributed by atoms with Crippen LogP contribution in [0.1, 0.15) is 51.9 Å². The summed E-state index contributed by atoms with van der Waals surface area (Å²) in [5.74, 6) is 0. The Hall–Kier alpha value is -1.39. The molecule has 0 bridgehead atoms. The van der Waals surface area contributed by atoms with E-state index in [-0.39, 0.29) is 0 Å². The summed E-state index contributed by atoms with van der Waals surface area (Å²) in [5.41, 5.74) is 0. The summed E-state index contributed by atoms with van der Waals surface area (Å²) in [7, 11) is -0.434. The lowest BCUT2D eigenvalue weighted by Gasteiger charge is -2.21. The number of hydrogen-bond acceptors (Lipinski definition) is 0. The molecule has 0 nitrogen and oxygen atoms in total. The van der Waals surface area contributed by atoms with E-state index in [1.54, 1.807) is 0 Å². The van der Waals surface area contributed by atoms with Gasteiger partial charge in [-0.2, -0.15) is 0 Å². The van der Waals surface area contributed by atoms with Crippen molar-refractivity contribution in [2.75, 3.05) is 0 Å². The van der Waals surface area contributed by atoms with Crippen molar-refractivity contribution in [3.8, 4) is 0 Å². The molecule has 0 fully saturated rings. The third-order valence-corrected chi connectivity index (χ3v) is 6.65. The van der Waals surface area contributed by atoms with Crippen molar-refractivity contribution in [3.63, 3.8) is 0 Å². The van der Waals surface area contributed by atoms with Crippen LogP contribution >= 0.6 is 7.92 Å². The summed E-state index contributed by atoms with van der Waals surface area (Å²) in [6.07, 6.45) is 9.22. The van der Waals surface area contributed by atoms with Gasteiger partial charge in [-0.25, -0.2) is 0 Å². The van der Waals surface area contributed by atoms with E-state index in [2.05, 4.69) is 74.2 Å². The second-order valence-corrected chi connectivity index (χ2v) is 8.43. The van der Waals surface area contributed by atoms with Crippen LogP contribution in [0.4, 0.5) is 0 Å². The maximum Gasteiger partial charge on any atom is -0.0154 e. The molecule has 0 aliphatic carbocycles. The van der Waals surface area contributed by atoms with Gasteiger partial charge in [-0.05, 0) is 36.7 Å². The van der Waals surface area contributed by atoms with Gasteiger partial charge in [-0.1, -0.05) is 106 Å². The summed E-state index contributed by atoms with van der Waals surface area (Å²) in [4.78, 5) is 0. The SMILES string of the molecule is C=C(CCCCCCCC)P(c1ccccc1)c1ccccc1. The van der Waals surface area contributed by atoms with Gasteiger partial charge < -0.3 is 0 Å². The van der Waals surface area contributed by atoms with E-state index in [1.165, 1.54) is 54.4 Å². The Balaban J connectivity index is 1.99. The van der Waals surface area contributed by atoms with Gasteiger partial charge in [0.25, 0.3) is 0 Å². The average molecular weight is 324 g/mol. The largest absolute Gasteiger partial charge is 0.0947 e. The van der Waals surface area contributed by atoms with Crippen molar-refractivity contribution in [2.45, 2.75) is 51.9 Å². The Bertz CT molecular complexity index is 520. The first-order valence-corrected chi connectivity index (χ1v) is 10.2. The first-order chi connectivity index (χ1) is 11.3. The Morgan fingerprint density at radius 1 is 0.739 bits per heavy atom. The van der Waals surface area contributed by atoms with E-state index in [4.69, 9.17) is 0 Å². The highest BCUT2D eigenvalue weighted by Crippen LogP contribution is 2.44. The molecular formula is C22H29P. The average Bonchev–Trinajstić information content (AvgIpc) is 2.60. The minimum Gasteiger partial charge on any atom is -0.0947 e. The molecule has 1 heteroatoms. The van der Waals surface area contributed by atoms with Crippen LogP contribution in [0.5, 0.6) is 0 Å². The molecule has 0 N–H and O–H groups in total. The van der Waals surface area contributed by atoms with E-state index in [1.807, 2.05) is 0 Å². The van der Waals surface area contributed by atoms with Gasteiger partial charge in [-0.3, -0.25) is 0 Å². The molecule has 0 aliphatic heterocycles. The van der Waals surface area contributed by atoms with Gasteiger partial charge >= 0.3 is 0 Å². The second-order valence-electron chi connectivity index (χ2n) is 6.09. The molecule has 0 atom stereocenters. The fraction of sp³-hybridized carbons (Fsp3) is 0.364. The smallest absolute Gasteiger partial charge is 0.0154 e. The fourth-order valence-electron chi connectivity index (χ4n) is 2.89. The van der Waals surface area contributed by atoms with E-state index in [9.17, 15) is 0 Å². The lowest BCUT2D eigenvalue weighted by atomic mass is 10.1. The van der Waals surface area contributed by atoms with E-state index < -0.39 is 7.92 Å². The molecule has 23 heavy (non-hydrogen) atoms. The van der Waals surface area contributed by atoms with Crippen molar-refractivity contribution >= 4 is 18.5 Å². The molecule has 2 aromatic rings. The monoisotopic (exact) mass is 324 g/mol. The summed E-state index contributed by atoms with van der Waals surface area (Å²) < 4.78 is 0. The summed E-state index contributed by atoms with van der Waals surface area (Å²) in [6.45, 7) is 6.74. The fourth-order valence-corrected chi connectivity index (χ4v) is 5.24. The summed E-state index contributed by atoms with van der Waals surface area (Å²) in [6, 6.07) is 21.8. The van der Waals surface area contributed by atoms with Gasteiger partial charge in [0.05, 0.1) is 0 Å². The van der Waals surface area contributed by atoms with Gasteiger partial charge in [0.1, 0.15) is 0 Å². The standard InChI is InChI=1S/C22H29P/c1-3-4-5-6-7-10-15-20(2)23(21-16-11-8-12-17-21)22-18-13-9-14-19-22/h8-9,11-14,16-19H,2-7,10,15H2,1H3. The Kier molecular flexibility index (Phi) is 8.12. The molecule has 2 aromatic carbocycles. The quantitative estimate of drug-likeness (QED) is 0.351. The first-order valence-electron chi connectivity index (χ1n) is 8.91. The number of unbranched alkanes of at least 4 members (excludes halogenated alkanes) is 5. The topological polar surface area (TPSA) is 0 Å². The number of hydrogen-bond donors (Lipinski definition) is 0. The molecule has 0 unspecified atom stereocenters. The Morgan fingerprint density at radius 2 is 1.22 bits per heavy atom. The minimum absolute atomic E-state index is 0.434. The van der Waals surface area contributed by atoms with Crippen LogP contribution in [-0.4, -0.2) is 0 Å². The van der Waals surface area contributed by atoms with Crippen molar-refractivity contribution in [1.82, 2.24) is 0 Å². The molecule has 122 valence electrons. The molecule has 0 spiro atoms. The second kappa shape index (κ2) is 10.4. The van der Waals surface area contributed by atoms with Crippen molar-refractivity contribution in [3.05, 3.63) is 72.6 Å². The highest BCUT2D eigenvalue weighted by molar-refractivity contribution is 7.76. The number of benzene rings is 2. The normalized spacial score (nSPS) is 10.9. The van der Waals surface area contributed by atoms with E-state index >= 15 is 0 Å². The summed E-state index contributed by atoms with van der Waals surface area (Å²) in [5, 5.41) is 4.25. The van der Waals surface area contributed by atoms with Crippen LogP contribution in [0.15, 0.2) is 72.6 Å². The Morgan fingerprint density at radius 3 is 1.74 bits per heavy atom. The molecule has 0 heterocycles. The maximum atomic E-state index is 4.47. The van der Waals surface area contributed by atoms with Gasteiger partial charge in [0.2, 0.25) is 0 Å². The van der Waals surface area contributed by atoms with Crippen LogP contribution in [0.3, 0.4) is 0 Å². The molecule has 0 aromatic heterocycles. The molecule has 0 amide bonds. The summed E-state index contributed by atoms with van der Waals surface area (Å²) >= 11 is 0. The molecule has 0 aliphatic rings. The first kappa shape index (κ1) is 18.0.